The molecular formula is C16H27BrN2. The van der Waals surface area contributed by atoms with Gasteiger partial charge in [-0.1, -0.05) is 41.9 Å². The second-order valence-electron chi connectivity index (χ2n) is 6.04. The standard InChI is InChI=1S/C16H27BrN2/c1-11(2)10-19(12(3)4)16(13(5)18)14-7-6-8-15(17)9-14/h6-9,11-13,16H,10,18H2,1-5H3. The van der Waals surface area contributed by atoms with Crippen molar-refractivity contribution in [3.8, 4) is 0 Å². The van der Waals surface area contributed by atoms with E-state index in [1.165, 1.54) is 5.56 Å². The number of halogens is 1. The van der Waals surface area contributed by atoms with Crippen LogP contribution in [0.25, 0.3) is 0 Å². The molecule has 2 nitrogen and oxygen atoms in total. The monoisotopic (exact) mass is 326 g/mol. The van der Waals surface area contributed by atoms with Crippen molar-refractivity contribution in [1.29, 1.82) is 0 Å². The van der Waals surface area contributed by atoms with Gasteiger partial charge >= 0.3 is 0 Å². The second kappa shape index (κ2) is 7.41. The number of nitrogens with zero attached hydrogens (tertiary/aromatic N) is 1. The lowest BCUT2D eigenvalue weighted by atomic mass is 9.96. The van der Waals surface area contributed by atoms with Crippen LogP contribution in [0.2, 0.25) is 0 Å². The zero-order valence-corrected chi connectivity index (χ0v) is 14.3. The van der Waals surface area contributed by atoms with E-state index in [-0.39, 0.29) is 12.1 Å². The molecule has 0 heterocycles. The Kier molecular flexibility index (Phi) is 6.51. The highest BCUT2D eigenvalue weighted by atomic mass is 79.9. The molecule has 0 aliphatic rings. The predicted octanol–water partition coefficient (Wildman–Crippen LogP) is 4.20. The van der Waals surface area contributed by atoms with E-state index in [1.807, 2.05) is 0 Å². The molecule has 0 aromatic heterocycles. The third-order valence-electron chi connectivity index (χ3n) is 3.28. The Morgan fingerprint density at radius 1 is 1.16 bits per heavy atom. The summed E-state index contributed by atoms with van der Waals surface area (Å²) in [7, 11) is 0. The zero-order chi connectivity index (χ0) is 14.6. The van der Waals surface area contributed by atoms with Crippen molar-refractivity contribution in [3.05, 3.63) is 34.3 Å². The lowest BCUT2D eigenvalue weighted by Gasteiger charge is -2.38. The Morgan fingerprint density at radius 3 is 2.21 bits per heavy atom. The molecule has 1 rings (SSSR count). The Hall–Kier alpha value is -0.380. The molecule has 3 heteroatoms. The quantitative estimate of drug-likeness (QED) is 0.848. The van der Waals surface area contributed by atoms with Crippen LogP contribution in [0.3, 0.4) is 0 Å². The van der Waals surface area contributed by atoms with Crippen LogP contribution in [-0.4, -0.2) is 23.5 Å². The van der Waals surface area contributed by atoms with E-state index >= 15 is 0 Å². The molecule has 2 N–H and O–H groups in total. The van der Waals surface area contributed by atoms with Gasteiger partial charge in [-0.3, -0.25) is 4.90 Å². The minimum Gasteiger partial charge on any atom is -0.326 e. The maximum atomic E-state index is 6.28. The van der Waals surface area contributed by atoms with Crippen molar-refractivity contribution in [3.63, 3.8) is 0 Å². The first-order valence-corrected chi connectivity index (χ1v) is 7.89. The fourth-order valence-electron chi connectivity index (χ4n) is 2.55. The van der Waals surface area contributed by atoms with Crippen molar-refractivity contribution < 1.29 is 0 Å². The summed E-state index contributed by atoms with van der Waals surface area (Å²) in [6, 6.07) is 9.36. The van der Waals surface area contributed by atoms with Crippen LogP contribution in [0.15, 0.2) is 28.7 Å². The average Bonchev–Trinajstić information content (AvgIpc) is 2.27. The van der Waals surface area contributed by atoms with Gasteiger partial charge in [0.25, 0.3) is 0 Å². The summed E-state index contributed by atoms with van der Waals surface area (Å²) in [5, 5.41) is 0. The van der Waals surface area contributed by atoms with Crippen LogP contribution < -0.4 is 5.73 Å². The molecule has 108 valence electrons. The highest BCUT2D eigenvalue weighted by Gasteiger charge is 2.26. The van der Waals surface area contributed by atoms with Gasteiger partial charge in [-0.15, -0.1) is 0 Å². The van der Waals surface area contributed by atoms with Crippen LogP contribution in [0.5, 0.6) is 0 Å². The summed E-state index contributed by atoms with van der Waals surface area (Å²) in [5.74, 6) is 0.635. The van der Waals surface area contributed by atoms with Gasteiger partial charge in [0.2, 0.25) is 0 Å². The fourth-order valence-corrected chi connectivity index (χ4v) is 2.97. The van der Waals surface area contributed by atoms with Gasteiger partial charge < -0.3 is 5.73 Å². The molecule has 0 amide bonds. The molecule has 0 saturated heterocycles. The van der Waals surface area contributed by atoms with Crippen molar-refractivity contribution in [1.82, 2.24) is 4.90 Å². The molecule has 0 fully saturated rings. The van der Waals surface area contributed by atoms with Gasteiger partial charge in [0, 0.05) is 29.1 Å². The van der Waals surface area contributed by atoms with Gasteiger partial charge in [-0.2, -0.15) is 0 Å². The van der Waals surface area contributed by atoms with Crippen LogP contribution >= 0.6 is 15.9 Å². The number of benzene rings is 1. The second-order valence-corrected chi connectivity index (χ2v) is 6.96. The van der Waals surface area contributed by atoms with Crippen molar-refractivity contribution in [2.24, 2.45) is 11.7 Å². The normalized spacial score (nSPS) is 15.3. The van der Waals surface area contributed by atoms with E-state index in [1.54, 1.807) is 0 Å². The molecule has 2 atom stereocenters. The molecular weight excluding hydrogens is 300 g/mol. The predicted molar refractivity (Wildman–Crippen MR) is 87.2 cm³/mol. The summed E-state index contributed by atoms with van der Waals surface area (Å²) >= 11 is 3.56. The molecule has 0 spiro atoms. The van der Waals surface area contributed by atoms with Crippen molar-refractivity contribution in [2.75, 3.05) is 6.54 Å². The maximum Gasteiger partial charge on any atom is 0.0499 e. The molecule has 1 aromatic carbocycles. The topological polar surface area (TPSA) is 29.3 Å². The number of rotatable bonds is 6. The minimum atomic E-state index is 0.107. The molecule has 0 saturated carbocycles. The smallest absolute Gasteiger partial charge is 0.0499 e. The maximum absolute atomic E-state index is 6.28. The van der Waals surface area contributed by atoms with E-state index < -0.39 is 0 Å². The first-order chi connectivity index (χ1) is 8.82. The number of hydrogen-bond donors (Lipinski definition) is 1. The summed E-state index contributed by atoms with van der Waals surface area (Å²) in [6.07, 6.45) is 0. The average molecular weight is 327 g/mol. The number of nitrogens with two attached hydrogens (primary N) is 1. The van der Waals surface area contributed by atoms with E-state index in [4.69, 9.17) is 5.73 Å². The van der Waals surface area contributed by atoms with Gasteiger partial charge in [0.1, 0.15) is 0 Å². The van der Waals surface area contributed by atoms with Crippen LogP contribution in [0, 0.1) is 5.92 Å². The first kappa shape index (κ1) is 16.7. The van der Waals surface area contributed by atoms with Gasteiger partial charge in [-0.25, -0.2) is 0 Å². The Labute approximate surface area is 126 Å². The number of hydrogen-bond acceptors (Lipinski definition) is 2. The van der Waals surface area contributed by atoms with E-state index in [2.05, 4.69) is 79.7 Å². The minimum absolute atomic E-state index is 0.107. The van der Waals surface area contributed by atoms with Crippen LogP contribution in [0.1, 0.15) is 46.2 Å². The van der Waals surface area contributed by atoms with E-state index in [0.29, 0.717) is 12.0 Å². The molecule has 0 aliphatic carbocycles. The first-order valence-electron chi connectivity index (χ1n) is 7.09. The van der Waals surface area contributed by atoms with E-state index in [9.17, 15) is 0 Å². The summed E-state index contributed by atoms with van der Waals surface area (Å²) in [6.45, 7) is 12.2. The van der Waals surface area contributed by atoms with Crippen LogP contribution in [0.4, 0.5) is 0 Å². The van der Waals surface area contributed by atoms with Gasteiger partial charge in [0.15, 0.2) is 0 Å². The highest BCUT2D eigenvalue weighted by molar-refractivity contribution is 9.10. The van der Waals surface area contributed by atoms with E-state index in [0.717, 1.165) is 11.0 Å². The van der Waals surface area contributed by atoms with Gasteiger partial charge in [-0.05, 0) is 44.4 Å². The fraction of sp³-hybridized carbons (Fsp3) is 0.625. The third-order valence-corrected chi connectivity index (χ3v) is 3.78. The molecule has 2 unspecified atom stereocenters. The van der Waals surface area contributed by atoms with Crippen molar-refractivity contribution in [2.45, 2.75) is 52.7 Å². The molecule has 0 bridgehead atoms. The van der Waals surface area contributed by atoms with Crippen LogP contribution in [-0.2, 0) is 0 Å². The molecule has 1 aromatic rings. The zero-order valence-electron chi connectivity index (χ0n) is 12.7. The lowest BCUT2D eigenvalue weighted by molar-refractivity contribution is 0.119. The SMILES string of the molecule is CC(C)CN(C(C)C)C(c1cccc(Br)c1)C(C)N. The summed E-state index contributed by atoms with van der Waals surface area (Å²) < 4.78 is 1.11. The van der Waals surface area contributed by atoms with Crippen molar-refractivity contribution >= 4 is 15.9 Å². The summed E-state index contributed by atoms with van der Waals surface area (Å²) in [4.78, 5) is 2.51. The largest absolute Gasteiger partial charge is 0.326 e. The molecule has 19 heavy (non-hydrogen) atoms. The molecule has 0 aliphatic heterocycles. The Bertz CT molecular complexity index is 388. The third kappa shape index (κ3) is 4.90. The summed E-state index contributed by atoms with van der Waals surface area (Å²) in [5.41, 5.74) is 7.57. The highest BCUT2D eigenvalue weighted by Crippen LogP contribution is 2.28. The van der Waals surface area contributed by atoms with Gasteiger partial charge in [0.05, 0.1) is 0 Å². The Morgan fingerprint density at radius 2 is 1.79 bits per heavy atom. The molecule has 0 radical (unpaired) electrons. The lowest BCUT2D eigenvalue weighted by Crippen LogP contribution is -2.44. The Balaban J connectivity index is 3.10.